The summed E-state index contributed by atoms with van der Waals surface area (Å²) in [7, 11) is 5.12. The van der Waals surface area contributed by atoms with Crippen molar-refractivity contribution >= 4 is 5.91 Å². The molecule has 2 aromatic carbocycles. The molecule has 1 heterocycles. The van der Waals surface area contributed by atoms with Gasteiger partial charge in [-0.15, -0.1) is 0 Å². The van der Waals surface area contributed by atoms with Crippen LogP contribution in [0.15, 0.2) is 42.5 Å². The Labute approximate surface area is 180 Å². The lowest BCUT2D eigenvalue weighted by Gasteiger charge is -2.35. The average molecular weight is 412 g/mol. The fourth-order valence-electron chi connectivity index (χ4n) is 3.80. The van der Waals surface area contributed by atoms with Crippen molar-refractivity contribution in [2.75, 3.05) is 54.0 Å². The molecule has 1 aliphatic heterocycles. The van der Waals surface area contributed by atoms with Crippen molar-refractivity contribution in [2.45, 2.75) is 20.0 Å². The summed E-state index contributed by atoms with van der Waals surface area (Å²) >= 11 is 0. The molecule has 0 spiro atoms. The van der Waals surface area contributed by atoms with Crippen LogP contribution in [0.3, 0.4) is 0 Å². The van der Waals surface area contributed by atoms with E-state index in [2.05, 4.69) is 34.1 Å². The molecule has 1 amide bonds. The quantitative estimate of drug-likeness (QED) is 0.668. The molecule has 3 rings (SSSR count). The number of benzene rings is 2. The second-order valence-corrected chi connectivity index (χ2v) is 7.92. The molecule has 0 aromatic heterocycles. The molecule has 1 fully saturated rings. The molecular formula is C24H33N3O3. The predicted octanol–water partition coefficient (Wildman–Crippen LogP) is 2.79. The molecule has 0 bridgehead atoms. The predicted molar refractivity (Wildman–Crippen MR) is 119 cm³/mol. The van der Waals surface area contributed by atoms with Crippen LogP contribution in [-0.4, -0.2) is 74.6 Å². The van der Waals surface area contributed by atoms with E-state index in [9.17, 15) is 4.79 Å². The van der Waals surface area contributed by atoms with Crippen LogP contribution in [0, 0.1) is 6.92 Å². The Bertz CT molecular complexity index is 833. The molecule has 6 heteroatoms. The molecule has 2 aromatic rings. The second kappa shape index (κ2) is 10.5. The van der Waals surface area contributed by atoms with Crippen LogP contribution in [-0.2, 0) is 17.9 Å². The molecule has 162 valence electrons. The summed E-state index contributed by atoms with van der Waals surface area (Å²) in [5.74, 6) is 1.54. The number of ether oxygens (including phenoxy) is 2. The monoisotopic (exact) mass is 411 g/mol. The van der Waals surface area contributed by atoms with Crippen LogP contribution < -0.4 is 9.47 Å². The number of aryl methyl sites for hydroxylation is 1. The molecule has 0 aliphatic carbocycles. The van der Waals surface area contributed by atoms with E-state index in [1.54, 1.807) is 19.1 Å². The van der Waals surface area contributed by atoms with Gasteiger partial charge in [0, 0.05) is 46.3 Å². The van der Waals surface area contributed by atoms with Gasteiger partial charge < -0.3 is 14.4 Å². The number of amides is 1. The van der Waals surface area contributed by atoms with E-state index in [0.717, 1.165) is 43.9 Å². The minimum Gasteiger partial charge on any atom is -0.493 e. The highest BCUT2D eigenvalue weighted by Gasteiger charge is 2.21. The lowest BCUT2D eigenvalue weighted by Crippen LogP contribution is -2.49. The standard InChI is InChI=1S/C24H33N3O3/c1-19-14-22(29-3)23(30-4)15-21(19)17-25(2)24(28)18-27-12-10-26(11-13-27)16-20-8-6-5-7-9-20/h5-9,14-15H,10-13,16-18H2,1-4H3. The van der Waals surface area contributed by atoms with Gasteiger partial charge in [-0.3, -0.25) is 14.6 Å². The van der Waals surface area contributed by atoms with E-state index in [1.807, 2.05) is 32.2 Å². The molecule has 30 heavy (non-hydrogen) atoms. The molecule has 1 aliphatic rings. The highest BCUT2D eigenvalue weighted by atomic mass is 16.5. The zero-order chi connectivity index (χ0) is 21.5. The molecule has 0 saturated carbocycles. The topological polar surface area (TPSA) is 45.2 Å². The normalized spacial score (nSPS) is 15.1. The van der Waals surface area contributed by atoms with Crippen molar-refractivity contribution in [2.24, 2.45) is 0 Å². The van der Waals surface area contributed by atoms with Crippen molar-refractivity contribution < 1.29 is 14.3 Å². The van der Waals surface area contributed by atoms with Gasteiger partial charge in [0.25, 0.3) is 0 Å². The summed E-state index contributed by atoms with van der Waals surface area (Å²) in [6.07, 6.45) is 0. The number of nitrogens with zero attached hydrogens (tertiary/aromatic N) is 3. The van der Waals surface area contributed by atoms with E-state index in [1.165, 1.54) is 5.56 Å². The maximum absolute atomic E-state index is 12.8. The number of hydrogen-bond donors (Lipinski definition) is 0. The van der Waals surface area contributed by atoms with Gasteiger partial charge in [0.05, 0.1) is 20.8 Å². The first-order valence-electron chi connectivity index (χ1n) is 10.4. The van der Waals surface area contributed by atoms with E-state index in [-0.39, 0.29) is 5.91 Å². The molecule has 0 radical (unpaired) electrons. The van der Waals surface area contributed by atoms with Crippen molar-refractivity contribution in [1.82, 2.24) is 14.7 Å². The number of carbonyl (C=O) groups is 1. The first-order valence-corrected chi connectivity index (χ1v) is 10.4. The summed E-state index contributed by atoms with van der Waals surface area (Å²) in [4.78, 5) is 19.3. The number of likely N-dealkylation sites (N-methyl/N-ethyl adjacent to an activating group) is 1. The van der Waals surface area contributed by atoms with Gasteiger partial charge in [-0.2, -0.15) is 0 Å². The molecule has 0 atom stereocenters. The van der Waals surface area contributed by atoms with E-state index in [4.69, 9.17) is 9.47 Å². The lowest BCUT2D eigenvalue weighted by molar-refractivity contribution is -0.132. The van der Waals surface area contributed by atoms with Gasteiger partial charge in [0.2, 0.25) is 5.91 Å². The van der Waals surface area contributed by atoms with Crippen LogP contribution in [0.5, 0.6) is 11.5 Å². The van der Waals surface area contributed by atoms with E-state index < -0.39 is 0 Å². The highest BCUT2D eigenvalue weighted by Crippen LogP contribution is 2.30. The van der Waals surface area contributed by atoms with Crippen molar-refractivity contribution in [3.05, 3.63) is 59.2 Å². The van der Waals surface area contributed by atoms with Crippen molar-refractivity contribution in [1.29, 1.82) is 0 Å². The summed E-state index contributed by atoms with van der Waals surface area (Å²) in [5, 5.41) is 0. The third-order valence-corrected chi connectivity index (χ3v) is 5.75. The maximum Gasteiger partial charge on any atom is 0.236 e. The minimum atomic E-state index is 0.140. The van der Waals surface area contributed by atoms with E-state index in [0.29, 0.717) is 24.6 Å². The Hall–Kier alpha value is -2.57. The van der Waals surface area contributed by atoms with Crippen LogP contribution in [0.25, 0.3) is 0 Å². The summed E-state index contributed by atoms with van der Waals surface area (Å²) in [6, 6.07) is 14.5. The van der Waals surface area contributed by atoms with Crippen molar-refractivity contribution in [3.8, 4) is 11.5 Å². The Morgan fingerprint density at radius 2 is 1.57 bits per heavy atom. The zero-order valence-electron chi connectivity index (χ0n) is 18.6. The van der Waals surface area contributed by atoms with Crippen LogP contribution >= 0.6 is 0 Å². The molecule has 0 unspecified atom stereocenters. The first kappa shape index (κ1) is 22.1. The fraction of sp³-hybridized carbons (Fsp3) is 0.458. The Morgan fingerprint density at radius 3 is 2.20 bits per heavy atom. The average Bonchev–Trinajstić information content (AvgIpc) is 2.76. The van der Waals surface area contributed by atoms with Gasteiger partial charge >= 0.3 is 0 Å². The van der Waals surface area contributed by atoms with Gasteiger partial charge in [0.1, 0.15) is 0 Å². The second-order valence-electron chi connectivity index (χ2n) is 7.92. The fourth-order valence-corrected chi connectivity index (χ4v) is 3.80. The Balaban J connectivity index is 1.49. The largest absolute Gasteiger partial charge is 0.493 e. The maximum atomic E-state index is 12.8. The number of carbonyl (C=O) groups excluding carboxylic acids is 1. The number of hydrogen-bond acceptors (Lipinski definition) is 5. The third kappa shape index (κ3) is 5.74. The number of methoxy groups -OCH3 is 2. The molecular weight excluding hydrogens is 378 g/mol. The summed E-state index contributed by atoms with van der Waals surface area (Å²) in [6.45, 7) is 7.83. The summed E-state index contributed by atoms with van der Waals surface area (Å²) < 4.78 is 10.8. The zero-order valence-corrected chi connectivity index (χ0v) is 18.6. The van der Waals surface area contributed by atoms with Gasteiger partial charge in [-0.25, -0.2) is 0 Å². The highest BCUT2D eigenvalue weighted by molar-refractivity contribution is 5.78. The molecule has 0 N–H and O–H groups in total. The van der Waals surface area contributed by atoms with E-state index >= 15 is 0 Å². The molecule has 6 nitrogen and oxygen atoms in total. The number of piperazine rings is 1. The first-order chi connectivity index (χ1) is 14.5. The Morgan fingerprint density at radius 1 is 0.967 bits per heavy atom. The lowest BCUT2D eigenvalue weighted by atomic mass is 10.1. The van der Waals surface area contributed by atoms with Gasteiger partial charge in [-0.1, -0.05) is 30.3 Å². The SMILES string of the molecule is COc1cc(C)c(CN(C)C(=O)CN2CCN(Cc3ccccc3)CC2)cc1OC. The van der Waals surface area contributed by atoms with Gasteiger partial charge in [-0.05, 0) is 35.7 Å². The number of rotatable bonds is 8. The van der Waals surface area contributed by atoms with Crippen LogP contribution in [0.2, 0.25) is 0 Å². The van der Waals surface area contributed by atoms with Gasteiger partial charge in [0.15, 0.2) is 11.5 Å². The third-order valence-electron chi connectivity index (χ3n) is 5.75. The smallest absolute Gasteiger partial charge is 0.236 e. The Kier molecular flexibility index (Phi) is 7.71. The minimum absolute atomic E-state index is 0.140. The summed E-state index contributed by atoms with van der Waals surface area (Å²) in [5.41, 5.74) is 3.49. The van der Waals surface area contributed by atoms with Crippen LogP contribution in [0.4, 0.5) is 0 Å². The van der Waals surface area contributed by atoms with Crippen molar-refractivity contribution in [3.63, 3.8) is 0 Å². The molecule has 1 saturated heterocycles. The van der Waals surface area contributed by atoms with Crippen LogP contribution in [0.1, 0.15) is 16.7 Å².